The molecule has 1 aliphatic rings. The highest BCUT2D eigenvalue weighted by Crippen LogP contribution is 2.16. The number of likely N-dealkylation sites (tertiary alicyclic amines) is 1. The Morgan fingerprint density at radius 3 is 2.90 bits per heavy atom. The van der Waals surface area contributed by atoms with Crippen LogP contribution in [0.4, 0.5) is 0 Å². The van der Waals surface area contributed by atoms with Gasteiger partial charge in [0.1, 0.15) is 0 Å². The monoisotopic (exact) mass is 304 g/mol. The van der Waals surface area contributed by atoms with E-state index in [-0.39, 0.29) is 0 Å². The Kier molecular flexibility index (Phi) is 4.58. The van der Waals surface area contributed by atoms with Gasteiger partial charge in [0.25, 0.3) is 0 Å². The van der Waals surface area contributed by atoms with Crippen LogP contribution in [0.15, 0.2) is 36.7 Å². The van der Waals surface area contributed by atoms with Crippen LogP contribution in [-0.4, -0.2) is 40.9 Å². The fraction of sp³-hybridized carbons (Fsp3) is 0.438. The van der Waals surface area contributed by atoms with E-state index in [0.29, 0.717) is 6.04 Å². The molecule has 5 heteroatoms. The lowest BCUT2D eigenvalue weighted by molar-refractivity contribution is 0.188. The number of halogens is 1. The van der Waals surface area contributed by atoms with Crippen molar-refractivity contribution < 1.29 is 0 Å². The first-order valence-electron chi connectivity index (χ1n) is 7.44. The normalized spacial score (nSPS) is 19.8. The van der Waals surface area contributed by atoms with Crippen molar-refractivity contribution in [1.29, 1.82) is 0 Å². The Balaban J connectivity index is 1.66. The zero-order valence-corrected chi connectivity index (χ0v) is 13.1. The van der Waals surface area contributed by atoms with Crippen LogP contribution >= 0.6 is 11.6 Å². The first-order chi connectivity index (χ1) is 10.2. The number of nitrogens with one attached hydrogen (secondary N) is 1. The molecule has 0 aliphatic carbocycles. The molecule has 0 saturated carbocycles. The fourth-order valence-corrected chi connectivity index (χ4v) is 3.00. The van der Waals surface area contributed by atoms with Gasteiger partial charge in [0.2, 0.25) is 0 Å². The Bertz CT molecular complexity index is 578. The predicted octanol–water partition coefficient (Wildman–Crippen LogP) is 2.71. The molecule has 1 unspecified atom stereocenters. The van der Waals surface area contributed by atoms with Crippen LogP contribution in [0, 0.1) is 0 Å². The van der Waals surface area contributed by atoms with Crippen molar-refractivity contribution in [2.24, 2.45) is 0 Å². The van der Waals surface area contributed by atoms with Crippen molar-refractivity contribution >= 4 is 11.6 Å². The van der Waals surface area contributed by atoms with Crippen molar-refractivity contribution in [3.63, 3.8) is 0 Å². The highest BCUT2D eigenvalue weighted by Gasteiger charge is 2.18. The number of rotatable bonds is 4. The second-order valence-corrected chi connectivity index (χ2v) is 6.07. The molecular weight excluding hydrogens is 284 g/mol. The molecule has 4 nitrogen and oxygen atoms in total. The molecule has 2 heterocycles. The average Bonchev–Trinajstić information content (AvgIpc) is 2.96. The van der Waals surface area contributed by atoms with Crippen molar-refractivity contribution in [3.8, 4) is 5.69 Å². The van der Waals surface area contributed by atoms with E-state index in [2.05, 4.69) is 21.5 Å². The van der Waals surface area contributed by atoms with E-state index in [0.717, 1.165) is 23.8 Å². The van der Waals surface area contributed by atoms with Crippen LogP contribution in [0.3, 0.4) is 0 Å². The summed E-state index contributed by atoms with van der Waals surface area (Å²) in [7, 11) is 2.05. The highest BCUT2D eigenvalue weighted by molar-refractivity contribution is 6.30. The Labute approximate surface area is 130 Å². The number of likely N-dealkylation sites (N-methyl/N-ethyl adjacent to an activating group) is 1. The number of aromatic nitrogens is 2. The maximum Gasteiger partial charge on any atom is 0.0646 e. The fourth-order valence-electron chi connectivity index (χ4n) is 2.87. The standard InChI is InChI=1S/C16H21ClN4/c1-18-15-3-2-8-20(12-15)10-13-9-19-21(11-13)16-6-4-14(17)5-7-16/h4-7,9,11,15,18H,2-3,8,10,12H2,1H3. The lowest BCUT2D eigenvalue weighted by Crippen LogP contribution is -2.43. The van der Waals surface area contributed by atoms with Crippen molar-refractivity contribution in [2.75, 3.05) is 20.1 Å². The minimum absolute atomic E-state index is 0.616. The van der Waals surface area contributed by atoms with Crippen LogP contribution < -0.4 is 5.32 Å². The quantitative estimate of drug-likeness (QED) is 0.943. The molecule has 0 spiro atoms. The topological polar surface area (TPSA) is 33.1 Å². The first kappa shape index (κ1) is 14.6. The van der Waals surface area contributed by atoms with E-state index < -0.39 is 0 Å². The lowest BCUT2D eigenvalue weighted by Gasteiger charge is -2.32. The predicted molar refractivity (Wildman–Crippen MR) is 85.9 cm³/mol. The second kappa shape index (κ2) is 6.60. The largest absolute Gasteiger partial charge is 0.316 e. The summed E-state index contributed by atoms with van der Waals surface area (Å²) in [6.45, 7) is 3.25. The Morgan fingerprint density at radius 1 is 1.33 bits per heavy atom. The molecule has 1 fully saturated rings. The molecule has 0 bridgehead atoms. The van der Waals surface area contributed by atoms with Crippen molar-refractivity contribution in [1.82, 2.24) is 20.0 Å². The molecule has 2 aromatic rings. The highest BCUT2D eigenvalue weighted by atomic mass is 35.5. The van der Waals surface area contributed by atoms with E-state index in [4.69, 9.17) is 11.6 Å². The molecular formula is C16H21ClN4. The maximum absolute atomic E-state index is 5.92. The van der Waals surface area contributed by atoms with E-state index in [9.17, 15) is 0 Å². The molecule has 1 N–H and O–H groups in total. The van der Waals surface area contributed by atoms with Gasteiger partial charge in [-0.15, -0.1) is 0 Å². The van der Waals surface area contributed by atoms with E-state index >= 15 is 0 Å². The number of benzene rings is 1. The number of nitrogens with zero attached hydrogens (tertiary/aromatic N) is 3. The molecule has 1 aromatic heterocycles. The van der Waals surface area contributed by atoms with E-state index in [1.54, 1.807) is 0 Å². The smallest absolute Gasteiger partial charge is 0.0646 e. The molecule has 0 radical (unpaired) electrons. The van der Waals surface area contributed by atoms with Crippen LogP contribution in [0.1, 0.15) is 18.4 Å². The van der Waals surface area contributed by atoms with E-state index in [1.165, 1.54) is 24.9 Å². The van der Waals surface area contributed by atoms with Crippen LogP contribution in [0.25, 0.3) is 5.69 Å². The molecule has 112 valence electrons. The van der Waals surface area contributed by atoms with Gasteiger partial charge in [0.15, 0.2) is 0 Å². The van der Waals surface area contributed by atoms with Crippen LogP contribution in [0.2, 0.25) is 5.02 Å². The SMILES string of the molecule is CNC1CCCN(Cc2cnn(-c3ccc(Cl)cc3)c2)C1. The van der Waals surface area contributed by atoms with Gasteiger partial charge in [-0.2, -0.15) is 5.10 Å². The van der Waals surface area contributed by atoms with E-state index in [1.807, 2.05) is 42.2 Å². The van der Waals surface area contributed by atoms with Gasteiger partial charge < -0.3 is 5.32 Å². The summed E-state index contributed by atoms with van der Waals surface area (Å²) < 4.78 is 1.91. The second-order valence-electron chi connectivity index (χ2n) is 5.63. The van der Waals surface area contributed by atoms with Crippen molar-refractivity contribution in [2.45, 2.75) is 25.4 Å². The number of hydrogen-bond donors (Lipinski definition) is 1. The third-order valence-corrected chi connectivity index (χ3v) is 4.30. The molecule has 0 amide bonds. The summed E-state index contributed by atoms with van der Waals surface area (Å²) in [6, 6.07) is 8.36. The van der Waals surface area contributed by atoms with Crippen molar-refractivity contribution in [3.05, 3.63) is 47.2 Å². The maximum atomic E-state index is 5.92. The summed E-state index contributed by atoms with van der Waals surface area (Å²) in [5.41, 5.74) is 2.29. The summed E-state index contributed by atoms with van der Waals surface area (Å²) in [4.78, 5) is 2.49. The van der Waals surface area contributed by atoms with Gasteiger partial charge in [0.05, 0.1) is 11.9 Å². The minimum atomic E-state index is 0.616. The van der Waals surface area contributed by atoms with Gasteiger partial charge in [0, 0.05) is 35.9 Å². The van der Waals surface area contributed by atoms with Crippen LogP contribution in [-0.2, 0) is 6.54 Å². The summed E-state index contributed by atoms with van der Waals surface area (Å²) >= 11 is 5.92. The first-order valence-corrected chi connectivity index (χ1v) is 7.81. The van der Waals surface area contributed by atoms with Gasteiger partial charge in [-0.25, -0.2) is 4.68 Å². The minimum Gasteiger partial charge on any atom is -0.316 e. The molecule has 1 atom stereocenters. The molecule has 21 heavy (non-hydrogen) atoms. The molecule has 1 aromatic carbocycles. The molecule has 3 rings (SSSR count). The molecule has 1 aliphatic heterocycles. The number of piperidine rings is 1. The zero-order chi connectivity index (χ0) is 14.7. The Hall–Kier alpha value is -1.36. The summed E-state index contributed by atoms with van der Waals surface area (Å²) in [5, 5.41) is 8.58. The third kappa shape index (κ3) is 3.64. The summed E-state index contributed by atoms with van der Waals surface area (Å²) in [6.07, 6.45) is 6.59. The average molecular weight is 305 g/mol. The molecule has 1 saturated heterocycles. The van der Waals surface area contributed by atoms with Crippen LogP contribution in [0.5, 0.6) is 0 Å². The number of hydrogen-bond acceptors (Lipinski definition) is 3. The van der Waals surface area contributed by atoms with Gasteiger partial charge in [-0.1, -0.05) is 11.6 Å². The third-order valence-electron chi connectivity index (χ3n) is 4.05. The summed E-state index contributed by atoms with van der Waals surface area (Å²) in [5.74, 6) is 0. The zero-order valence-electron chi connectivity index (χ0n) is 12.3. The van der Waals surface area contributed by atoms with Gasteiger partial charge in [-0.05, 0) is 50.7 Å². The van der Waals surface area contributed by atoms with Gasteiger partial charge >= 0.3 is 0 Å². The lowest BCUT2D eigenvalue weighted by atomic mass is 10.1. The van der Waals surface area contributed by atoms with Gasteiger partial charge in [-0.3, -0.25) is 4.90 Å². The Morgan fingerprint density at radius 2 is 2.14 bits per heavy atom.